The van der Waals surface area contributed by atoms with Gasteiger partial charge >= 0.3 is 18.0 Å². The molecule has 0 radical (unpaired) electrons. The quantitative estimate of drug-likeness (QED) is 0.800. The number of amides is 1. The first-order valence-corrected chi connectivity index (χ1v) is 7.45. The van der Waals surface area contributed by atoms with E-state index in [1.165, 1.54) is 7.11 Å². The van der Waals surface area contributed by atoms with Crippen LogP contribution in [-0.4, -0.2) is 41.9 Å². The van der Waals surface area contributed by atoms with Gasteiger partial charge in [0, 0.05) is 6.42 Å². The number of carboxylic acids is 1. The predicted molar refractivity (Wildman–Crippen MR) is 88.5 cm³/mol. The number of carboxylic acid groups (broad SMARTS) is 1. The molecule has 0 aliphatic heterocycles. The number of aliphatic carboxylic acids is 1. The Morgan fingerprint density at radius 2 is 1.50 bits per heavy atom. The van der Waals surface area contributed by atoms with Crippen molar-refractivity contribution in [3.8, 4) is 0 Å². The number of nitrogens with one attached hydrogen (secondary N) is 1. The SMILES string of the molecule is COC(=O)CCC(NC(=O)OC(C)(C)C)C(=O)O.c1ccccc1. The molecule has 2 N–H and O–H groups in total. The first-order valence-electron chi connectivity index (χ1n) is 7.45. The fourth-order valence-electron chi connectivity index (χ4n) is 1.46. The zero-order chi connectivity index (χ0) is 18.6. The number of hydrogen-bond donors (Lipinski definition) is 2. The Morgan fingerprint density at radius 3 is 1.83 bits per heavy atom. The molecular weight excluding hydrogens is 314 g/mol. The molecule has 1 amide bonds. The van der Waals surface area contributed by atoms with Crippen LogP contribution in [0.2, 0.25) is 0 Å². The van der Waals surface area contributed by atoms with Gasteiger partial charge in [0.25, 0.3) is 0 Å². The van der Waals surface area contributed by atoms with E-state index in [0.29, 0.717) is 0 Å². The van der Waals surface area contributed by atoms with Gasteiger partial charge in [0.1, 0.15) is 11.6 Å². The van der Waals surface area contributed by atoms with Gasteiger partial charge in [0.05, 0.1) is 7.11 Å². The number of methoxy groups -OCH3 is 1. The van der Waals surface area contributed by atoms with E-state index in [4.69, 9.17) is 9.84 Å². The summed E-state index contributed by atoms with van der Waals surface area (Å²) in [5.74, 6) is -1.77. The van der Waals surface area contributed by atoms with Crippen LogP contribution < -0.4 is 5.32 Å². The third kappa shape index (κ3) is 12.0. The highest BCUT2D eigenvalue weighted by molar-refractivity contribution is 5.80. The molecule has 1 rings (SSSR count). The summed E-state index contributed by atoms with van der Waals surface area (Å²) < 4.78 is 9.31. The molecule has 134 valence electrons. The van der Waals surface area contributed by atoms with Crippen LogP contribution in [0.4, 0.5) is 4.79 Å². The van der Waals surface area contributed by atoms with Gasteiger partial charge in [-0.15, -0.1) is 0 Å². The van der Waals surface area contributed by atoms with Crippen LogP contribution in [0.3, 0.4) is 0 Å². The molecule has 24 heavy (non-hydrogen) atoms. The molecule has 1 unspecified atom stereocenters. The smallest absolute Gasteiger partial charge is 0.408 e. The van der Waals surface area contributed by atoms with Crippen molar-refractivity contribution in [3.63, 3.8) is 0 Å². The topological polar surface area (TPSA) is 102 Å². The number of ether oxygens (including phenoxy) is 2. The van der Waals surface area contributed by atoms with Crippen LogP contribution in [0.5, 0.6) is 0 Å². The molecule has 0 heterocycles. The zero-order valence-electron chi connectivity index (χ0n) is 14.4. The summed E-state index contributed by atoms with van der Waals surface area (Å²) in [6, 6.07) is 10.8. The second-order valence-corrected chi connectivity index (χ2v) is 5.81. The molecule has 1 aromatic rings. The van der Waals surface area contributed by atoms with E-state index in [2.05, 4.69) is 10.1 Å². The van der Waals surface area contributed by atoms with Crippen molar-refractivity contribution in [1.82, 2.24) is 5.32 Å². The number of rotatable bonds is 5. The molecule has 7 heteroatoms. The van der Waals surface area contributed by atoms with Gasteiger partial charge in [-0.05, 0) is 27.2 Å². The monoisotopic (exact) mass is 339 g/mol. The van der Waals surface area contributed by atoms with Crippen molar-refractivity contribution in [2.24, 2.45) is 0 Å². The summed E-state index contributed by atoms with van der Waals surface area (Å²) in [6.45, 7) is 4.99. The number of carbonyl (C=O) groups is 3. The Balaban J connectivity index is 0.000000728. The summed E-state index contributed by atoms with van der Waals surface area (Å²) >= 11 is 0. The van der Waals surface area contributed by atoms with Crippen LogP contribution in [0.1, 0.15) is 33.6 Å². The van der Waals surface area contributed by atoms with Gasteiger partial charge in [-0.25, -0.2) is 9.59 Å². The van der Waals surface area contributed by atoms with Crippen LogP contribution in [0.25, 0.3) is 0 Å². The van der Waals surface area contributed by atoms with E-state index < -0.39 is 29.7 Å². The fraction of sp³-hybridized carbons (Fsp3) is 0.471. The van der Waals surface area contributed by atoms with Gasteiger partial charge in [0.2, 0.25) is 0 Å². The summed E-state index contributed by atoms with van der Waals surface area (Å²) in [7, 11) is 1.21. The Labute approximate surface area is 142 Å². The highest BCUT2D eigenvalue weighted by Gasteiger charge is 2.24. The minimum absolute atomic E-state index is 0.0543. The Kier molecular flexibility index (Phi) is 9.86. The number of carbonyl (C=O) groups excluding carboxylic acids is 2. The van der Waals surface area contributed by atoms with E-state index >= 15 is 0 Å². The minimum Gasteiger partial charge on any atom is -0.480 e. The van der Waals surface area contributed by atoms with Gasteiger partial charge in [-0.1, -0.05) is 36.4 Å². The summed E-state index contributed by atoms with van der Waals surface area (Å²) in [6.07, 6.45) is -0.982. The van der Waals surface area contributed by atoms with E-state index in [1.807, 2.05) is 36.4 Å². The number of alkyl carbamates (subject to hydrolysis) is 1. The molecule has 1 atom stereocenters. The Morgan fingerprint density at radius 1 is 1.04 bits per heavy atom. The first-order chi connectivity index (χ1) is 11.2. The third-order valence-electron chi connectivity index (χ3n) is 2.52. The lowest BCUT2D eigenvalue weighted by molar-refractivity contribution is -0.142. The van der Waals surface area contributed by atoms with Crippen LogP contribution in [0.15, 0.2) is 36.4 Å². The van der Waals surface area contributed by atoms with Crippen LogP contribution in [-0.2, 0) is 19.1 Å². The summed E-state index contributed by atoms with van der Waals surface area (Å²) in [5.41, 5.74) is -0.713. The molecule has 0 saturated heterocycles. The van der Waals surface area contributed by atoms with Crippen molar-refractivity contribution in [1.29, 1.82) is 0 Å². The molecule has 0 spiro atoms. The highest BCUT2D eigenvalue weighted by atomic mass is 16.6. The van der Waals surface area contributed by atoms with Crippen LogP contribution in [0, 0.1) is 0 Å². The molecule has 1 aromatic carbocycles. The van der Waals surface area contributed by atoms with Crippen molar-refractivity contribution < 1.29 is 29.0 Å². The molecule has 0 aromatic heterocycles. The van der Waals surface area contributed by atoms with Gasteiger partial charge in [0.15, 0.2) is 0 Å². The Bertz CT molecular complexity index is 483. The average molecular weight is 339 g/mol. The van der Waals surface area contributed by atoms with Crippen molar-refractivity contribution in [2.45, 2.75) is 45.3 Å². The molecule has 0 bridgehead atoms. The Hall–Kier alpha value is -2.57. The van der Waals surface area contributed by atoms with Gasteiger partial charge < -0.3 is 19.9 Å². The molecule has 7 nitrogen and oxygen atoms in total. The van der Waals surface area contributed by atoms with Crippen molar-refractivity contribution >= 4 is 18.0 Å². The molecule has 0 fully saturated rings. The summed E-state index contributed by atoms with van der Waals surface area (Å²) in [5, 5.41) is 11.1. The van der Waals surface area contributed by atoms with E-state index in [-0.39, 0.29) is 12.8 Å². The first kappa shape index (κ1) is 21.4. The largest absolute Gasteiger partial charge is 0.480 e. The van der Waals surface area contributed by atoms with Crippen molar-refractivity contribution in [3.05, 3.63) is 36.4 Å². The molecule has 0 aliphatic carbocycles. The molecule has 0 saturated carbocycles. The minimum atomic E-state index is -1.23. The van der Waals surface area contributed by atoms with E-state index in [1.54, 1.807) is 20.8 Å². The summed E-state index contributed by atoms with van der Waals surface area (Å²) in [4.78, 5) is 33.1. The average Bonchev–Trinajstić information content (AvgIpc) is 2.51. The number of hydrogen-bond acceptors (Lipinski definition) is 5. The zero-order valence-corrected chi connectivity index (χ0v) is 14.4. The second kappa shape index (κ2) is 11.0. The third-order valence-corrected chi connectivity index (χ3v) is 2.52. The fourth-order valence-corrected chi connectivity index (χ4v) is 1.46. The van der Waals surface area contributed by atoms with E-state index in [9.17, 15) is 14.4 Å². The van der Waals surface area contributed by atoms with Crippen molar-refractivity contribution in [2.75, 3.05) is 7.11 Å². The normalized spacial score (nSPS) is 11.3. The molecular formula is C17H25NO6. The van der Waals surface area contributed by atoms with Gasteiger partial charge in [-0.3, -0.25) is 4.79 Å². The molecule has 0 aliphatic rings. The van der Waals surface area contributed by atoms with E-state index in [0.717, 1.165) is 0 Å². The second-order valence-electron chi connectivity index (χ2n) is 5.81. The number of esters is 1. The number of benzene rings is 1. The predicted octanol–water partition coefficient (Wildman–Crippen LogP) is 2.60. The maximum atomic E-state index is 11.4. The lowest BCUT2D eigenvalue weighted by atomic mass is 10.1. The lowest BCUT2D eigenvalue weighted by Crippen LogP contribution is -2.43. The maximum absolute atomic E-state index is 11.4. The van der Waals surface area contributed by atoms with Crippen LogP contribution >= 0.6 is 0 Å². The standard InChI is InChI=1S/C11H19NO6.C6H6/c1-11(2,3)18-10(16)12-7(9(14)15)5-6-8(13)17-4;1-2-4-6-5-3-1/h7H,5-6H2,1-4H3,(H,12,16)(H,14,15);1-6H. The maximum Gasteiger partial charge on any atom is 0.408 e. The van der Waals surface area contributed by atoms with Gasteiger partial charge in [-0.2, -0.15) is 0 Å². The lowest BCUT2D eigenvalue weighted by Gasteiger charge is -2.21. The highest BCUT2D eigenvalue weighted by Crippen LogP contribution is 2.08.